The van der Waals surface area contributed by atoms with Crippen LogP contribution >= 0.6 is 45.3 Å². The van der Waals surface area contributed by atoms with Gasteiger partial charge >= 0.3 is 0 Å². The van der Waals surface area contributed by atoms with Crippen molar-refractivity contribution in [2.75, 3.05) is 19.6 Å². The lowest BCUT2D eigenvalue weighted by Crippen LogP contribution is -2.25. The zero-order chi connectivity index (χ0) is 15.1. The fourth-order valence-electron chi connectivity index (χ4n) is 2.23. The lowest BCUT2D eigenvalue weighted by Gasteiger charge is -2.17. The molecule has 1 aromatic carbocycles. The molecule has 0 fully saturated rings. The van der Waals surface area contributed by atoms with Crippen molar-refractivity contribution in [1.29, 1.82) is 0 Å². The topological polar surface area (TPSA) is 41.6 Å². The zero-order valence-electron chi connectivity index (χ0n) is 13.6. The molecule has 2 rings (SSSR count). The van der Waals surface area contributed by atoms with E-state index in [-0.39, 0.29) is 34.0 Å². The van der Waals surface area contributed by atoms with Gasteiger partial charge in [-0.15, -0.1) is 45.3 Å². The van der Waals surface area contributed by atoms with Gasteiger partial charge in [0.1, 0.15) is 5.84 Å². The summed E-state index contributed by atoms with van der Waals surface area (Å²) in [5.74, 6) is 0.589. The predicted octanol–water partition coefficient (Wildman–Crippen LogP) is 4.83. The summed E-state index contributed by atoms with van der Waals surface area (Å²) in [6.45, 7) is 7.68. The predicted molar refractivity (Wildman–Crippen MR) is 113 cm³/mol. The number of halogens is 2. The second kappa shape index (κ2) is 11.8. The molecule has 0 bridgehead atoms. The quantitative estimate of drug-likeness (QED) is 0.473. The Hall–Kier alpha value is -0.690. The number of aliphatic imine (C=N–C) groups is 1. The highest BCUT2D eigenvalue weighted by molar-refractivity contribution is 8.93. The fraction of sp³-hybridized carbons (Fsp3) is 0.353. The highest BCUT2D eigenvalue weighted by atomic mass is 79.9. The second-order valence-corrected chi connectivity index (χ2v) is 5.87. The molecule has 128 valence electrons. The monoisotopic (exact) mass is 461 g/mol. The Morgan fingerprint density at radius 3 is 2.48 bits per heavy atom. The highest BCUT2D eigenvalue weighted by Gasteiger charge is 2.02. The molecule has 0 radical (unpaired) electrons. The average Bonchev–Trinajstić information content (AvgIpc) is 3.03. The number of benzene rings is 1. The molecular formula is C17H25Br2N3S. The molecule has 0 aliphatic heterocycles. The van der Waals surface area contributed by atoms with Gasteiger partial charge in [0.05, 0.1) is 10.6 Å². The molecule has 3 nitrogen and oxygen atoms in total. The standard InChI is InChI=1S/C17H23N3S.2BrH/c1-3-20(4-2)11-10-14-7-5-8-15(13-14)19-17(18)16-9-6-12-21-16;;/h5-9,12-13H,3-4,10-11H2,1-2H3,(H2,18,19);2*1H. The van der Waals surface area contributed by atoms with Crippen molar-refractivity contribution in [2.45, 2.75) is 20.3 Å². The normalized spacial score (nSPS) is 11.0. The Bertz CT molecular complexity index is 581. The van der Waals surface area contributed by atoms with Gasteiger partial charge < -0.3 is 10.6 Å². The molecule has 0 unspecified atom stereocenters. The van der Waals surface area contributed by atoms with Gasteiger partial charge in [0.2, 0.25) is 0 Å². The van der Waals surface area contributed by atoms with Gasteiger partial charge in [0.15, 0.2) is 0 Å². The van der Waals surface area contributed by atoms with E-state index in [4.69, 9.17) is 5.73 Å². The molecular weight excluding hydrogens is 438 g/mol. The van der Waals surface area contributed by atoms with E-state index >= 15 is 0 Å². The number of rotatable bonds is 7. The van der Waals surface area contributed by atoms with Crippen molar-refractivity contribution in [1.82, 2.24) is 4.90 Å². The van der Waals surface area contributed by atoms with E-state index in [9.17, 15) is 0 Å². The van der Waals surface area contributed by atoms with E-state index in [1.807, 2.05) is 23.6 Å². The van der Waals surface area contributed by atoms with Crippen LogP contribution in [0.1, 0.15) is 24.3 Å². The summed E-state index contributed by atoms with van der Waals surface area (Å²) in [7, 11) is 0. The Morgan fingerprint density at radius 1 is 1.13 bits per heavy atom. The van der Waals surface area contributed by atoms with Gasteiger partial charge in [-0.1, -0.05) is 32.0 Å². The molecule has 6 heteroatoms. The second-order valence-electron chi connectivity index (χ2n) is 4.92. The Morgan fingerprint density at radius 2 is 1.87 bits per heavy atom. The summed E-state index contributed by atoms with van der Waals surface area (Å²) >= 11 is 1.61. The van der Waals surface area contributed by atoms with E-state index in [0.717, 1.165) is 36.6 Å². The van der Waals surface area contributed by atoms with Crippen LogP contribution in [0.4, 0.5) is 5.69 Å². The van der Waals surface area contributed by atoms with Crippen LogP contribution in [-0.2, 0) is 6.42 Å². The summed E-state index contributed by atoms with van der Waals surface area (Å²) in [4.78, 5) is 7.96. The van der Waals surface area contributed by atoms with Crippen LogP contribution in [0.5, 0.6) is 0 Å². The van der Waals surface area contributed by atoms with Crippen LogP contribution < -0.4 is 5.73 Å². The Kier molecular flexibility index (Phi) is 11.4. The lowest BCUT2D eigenvalue weighted by molar-refractivity contribution is 0.308. The van der Waals surface area contributed by atoms with Crippen molar-refractivity contribution in [2.24, 2.45) is 10.7 Å². The molecule has 0 saturated heterocycles. The highest BCUT2D eigenvalue weighted by Crippen LogP contribution is 2.17. The molecule has 0 saturated carbocycles. The zero-order valence-corrected chi connectivity index (χ0v) is 17.8. The number of hydrogen-bond donors (Lipinski definition) is 1. The van der Waals surface area contributed by atoms with Gasteiger partial charge in [0.25, 0.3) is 0 Å². The molecule has 2 N–H and O–H groups in total. The summed E-state index contributed by atoms with van der Waals surface area (Å²) < 4.78 is 0. The van der Waals surface area contributed by atoms with E-state index in [1.165, 1.54) is 5.56 Å². The van der Waals surface area contributed by atoms with Gasteiger partial charge in [-0.25, -0.2) is 4.99 Å². The summed E-state index contributed by atoms with van der Waals surface area (Å²) in [5, 5.41) is 2.01. The molecule has 1 heterocycles. The van der Waals surface area contributed by atoms with Gasteiger partial charge in [-0.3, -0.25) is 0 Å². The van der Waals surface area contributed by atoms with Gasteiger partial charge in [0, 0.05) is 6.54 Å². The maximum atomic E-state index is 6.04. The summed E-state index contributed by atoms with van der Waals surface area (Å²) in [5.41, 5.74) is 8.28. The third-order valence-electron chi connectivity index (χ3n) is 3.54. The number of nitrogens with zero attached hydrogens (tertiary/aromatic N) is 2. The van der Waals surface area contributed by atoms with E-state index < -0.39 is 0 Å². The molecule has 1 aromatic heterocycles. The molecule has 0 atom stereocenters. The maximum absolute atomic E-state index is 6.04. The summed E-state index contributed by atoms with van der Waals surface area (Å²) in [6.07, 6.45) is 1.05. The SMILES string of the molecule is Br.Br.CCN(CC)CCc1cccc(N=C(N)c2cccs2)c1. The van der Waals surface area contributed by atoms with Crippen LogP contribution in [-0.4, -0.2) is 30.4 Å². The first kappa shape index (κ1) is 22.3. The minimum atomic E-state index is 0. The van der Waals surface area contributed by atoms with Crippen molar-refractivity contribution < 1.29 is 0 Å². The Labute approximate surface area is 164 Å². The Balaban J connectivity index is 0.00000242. The minimum Gasteiger partial charge on any atom is -0.383 e. The third kappa shape index (κ3) is 7.16. The first-order chi connectivity index (χ1) is 10.2. The fourth-order valence-corrected chi connectivity index (χ4v) is 2.85. The number of likely N-dealkylation sites (N-methyl/N-ethyl adjacent to an activating group) is 1. The molecule has 0 amide bonds. The first-order valence-electron chi connectivity index (χ1n) is 7.42. The minimum absolute atomic E-state index is 0. The van der Waals surface area contributed by atoms with Crippen LogP contribution in [0.3, 0.4) is 0 Å². The molecule has 0 aliphatic carbocycles. The molecule has 0 aliphatic rings. The first-order valence-corrected chi connectivity index (χ1v) is 8.30. The van der Waals surface area contributed by atoms with Crippen LogP contribution in [0.15, 0.2) is 46.8 Å². The number of thiophene rings is 1. The van der Waals surface area contributed by atoms with E-state index in [0.29, 0.717) is 5.84 Å². The smallest absolute Gasteiger partial charge is 0.141 e. The third-order valence-corrected chi connectivity index (χ3v) is 4.44. The van der Waals surface area contributed by atoms with Crippen molar-refractivity contribution in [3.05, 3.63) is 52.2 Å². The summed E-state index contributed by atoms with van der Waals surface area (Å²) in [6, 6.07) is 12.3. The van der Waals surface area contributed by atoms with Gasteiger partial charge in [-0.05, 0) is 48.7 Å². The van der Waals surface area contributed by atoms with Crippen LogP contribution in [0.25, 0.3) is 0 Å². The van der Waals surface area contributed by atoms with Crippen molar-refractivity contribution >= 4 is 56.8 Å². The number of hydrogen-bond acceptors (Lipinski definition) is 3. The maximum Gasteiger partial charge on any atom is 0.141 e. The van der Waals surface area contributed by atoms with Crippen molar-refractivity contribution in [3.8, 4) is 0 Å². The molecule has 23 heavy (non-hydrogen) atoms. The lowest BCUT2D eigenvalue weighted by atomic mass is 10.1. The van der Waals surface area contributed by atoms with Crippen LogP contribution in [0.2, 0.25) is 0 Å². The number of amidine groups is 1. The van der Waals surface area contributed by atoms with E-state index in [1.54, 1.807) is 11.3 Å². The van der Waals surface area contributed by atoms with Crippen LogP contribution in [0, 0.1) is 0 Å². The van der Waals surface area contributed by atoms with Crippen molar-refractivity contribution in [3.63, 3.8) is 0 Å². The largest absolute Gasteiger partial charge is 0.383 e. The molecule has 2 aromatic rings. The average molecular weight is 463 g/mol. The number of nitrogens with two attached hydrogens (primary N) is 1. The molecule has 0 spiro atoms. The van der Waals surface area contributed by atoms with Gasteiger partial charge in [-0.2, -0.15) is 0 Å². The van der Waals surface area contributed by atoms with E-state index in [2.05, 4.69) is 41.9 Å².